The molecule has 0 amide bonds. The van der Waals surface area contributed by atoms with Crippen LogP contribution in [0.25, 0.3) is 0 Å². The lowest BCUT2D eigenvalue weighted by atomic mass is 9.90. The number of hydrogen-bond donors (Lipinski definition) is 1. The van der Waals surface area contributed by atoms with E-state index in [-0.39, 0.29) is 0 Å². The minimum Gasteiger partial charge on any atom is -0.493 e. The van der Waals surface area contributed by atoms with Gasteiger partial charge in [0.05, 0.1) is 14.2 Å². The maximum Gasteiger partial charge on any atom is 0.165 e. The van der Waals surface area contributed by atoms with Gasteiger partial charge < -0.3 is 14.8 Å². The summed E-state index contributed by atoms with van der Waals surface area (Å²) in [5.41, 5.74) is 1.07. The minimum absolute atomic E-state index is 0.404. The molecule has 1 aliphatic heterocycles. The SMILES string of the molecule is COc1ccc(Cl)c(C2CCCNC2)c1OC. The summed E-state index contributed by atoms with van der Waals surface area (Å²) in [6.45, 7) is 2.03. The Morgan fingerprint density at radius 2 is 2.12 bits per heavy atom. The Bertz CT molecular complexity index is 389. The van der Waals surface area contributed by atoms with E-state index in [2.05, 4.69) is 5.32 Å². The number of halogens is 1. The van der Waals surface area contributed by atoms with Crippen LogP contribution >= 0.6 is 11.6 Å². The molecular formula is C13H18ClNO2. The van der Waals surface area contributed by atoms with Crippen molar-refractivity contribution in [2.24, 2.45) is 0 Å². The Kier molecular flexibility index (Phi) is 4.13. The van der Waals surface area contributed by atoms with Crippen LogP contribution in [0.15, 0.2) is 12.1 Å². The molecule has 0 spiro atoms. The van der Waals surface area contributed by atoms with E-state index in [1.165, 1.54) is 6.42 Å². The molecule has 1 heterocycles. The summed E-state index contributed by atoms with van der Waals surface area (Å²) in [7, 11) is 3.31. The maximum atomic E-state index is 6.31. The van der Waals surface area contributed by atoms with E-state index >= 15 is 0 Å². The van der Waals surface area contributed by atoms with E-state index in [1.54, 1.807) is 14.2 Å². The number of piperidine rings is 1. The zero-order valence-electron chi connectivity index (χ0n) is 10.3. The molecule has 17 heavy (non-hydrogen) atoms. The Hall–Kier alpha value is -0.930. The van der Waals surface area contributed by atoms with E-state index in [4.69, 9.17) is 21.1 Å². The first-order chi connectivity index (χ1) is 8.27. The van der Waals surface area contributed by atoms with Crippen LogP contribution in [0.5, 0.6) is 11.5 Å². The van der Waals surface area contributed by atoms with Crippen LogP contribution in [0.3, 0.4) is 0 Å². The predicted octanol–water partition coefficient (Wildman–Crippen LogP) is 2.82. The van der Waals surface area contributed by atoms with Gasteiger partial charge in [-0.2, -0.15) is 0 Å². The van der Waals surface area contributed by atoms with Crippen molar-refractivity contribution in [3.63, 3.8) is 0 Å². The van der Waals surface area contributed by atoms with Gasteiger partial charge >= 0.3 is 0 Å². The van der Waals surface area contributed by atoms with Crippen molar-refractivity contribution in [3.8, 4) is 11.5 Å². The normalized spacial score (nSPS) is 20.1. The van der Waals surface area contributed by atoms with Crippen LogP contribution in [0.1, 0.15) is 24.3 Å². The molecule has 1 aromatic rings. The van der Waals surface area contributed by atoms with Gasteiger partial charge in [0.15, 0.2) is 11.5 Å². The van der Waals surface area contributed by atoms with Crippen molar-refractivity contribution < 1.29 is 9.47 Å². The van der Waals surface area contributed by atoms with Gasteiger partial charge in [0.2, 0.25) is 0 Å². The van der Waals surface area contributed by atoms with Gasteiger partial charge in [-0.15, -0.1) is 0 Å². The molecule has 1 unspecified atom stereocenters. The topological polar surface area (TPSA) is 30.5 Å². The minimum atomic E-state index is 0.404. The highest BCUT2D eigenvalue weighted by atomic mass is 35.5. The number of methoxy groups -OCH3 is 2. The summed E-state index contributed by atoms with van der Waals surface area (Å²) in [6.07, 6.45) is 2.30. The largest absolute Gasteiger partial charge is 0.493 e. The summed E-state index contributed by atoms with van der Waals surface area (Å²) >= 11 is 6.31. The molecule has 0 aromatic heterocycles. The molecular weight excluding hydrogens is 238 g/mol. The van der Waals surface area contributed by atoms with E-state index < -0.39 is 0 Å². The fourth-order valence-electron chi connectivity index (χ4n) is 2.41. The van der Waals surface area contributed by atoms with Crippen LogP contribution in [0.4, 0.5) is 0 Å². The lowest BCUT2D eigenvalue weighted by molar-refractivity contribution is 0.345. The standard InChI is InChI=1S/C13H18ClNO2/c1-16-11-6-5-10(14)12(13(11)17-2)9-4-3-7-15-8-9/h5-6,9,15H,3-4,7-8H2,1-2H3. The molecule has 0 saturated carbocycles. The van der Waals surface area contributed by atoms with Crippen LogP contribution < -0.4 is 14.8 Å². The highest BCUT2D eigenvalue weighted by Gasteiger charge is 2.24. The number of ether oxygens (including phenoxy) is 2. The van der Waals surface area contributed by atoms with Gasteiger partial charge in [-0.1, -0.05) is 11.6 Å². The summed E-state index contributed by atoms with van der Waals surface area (Å²) in [4.78, 5) is 0. The molecule has 1 fully saturated rings. The molecule has 0 bridgehead atoms. The molecule has 1 aromatic carbocycles. The summed E-state index contributed by atoms with van der Waals surface area (Å²) < 4.78 is 10.8. The summed E-state index contributed by atoms with van der Waals surface area (Å²) in [5.74, 6) is 1.92. The molecule has 1 N–H and O–H groups in total. The zero-order valence-corrected chi connectivity index (χ0v) is 11.0. The second-order valence-electron chi connectivity index (χ2n) is 4.24. The molecule has 1 saturated heterocycles. The lowest BCUT2D eigenvalue weighted by Crippen LogP contribution is -2.28. The van der Waals surface area contributed by atoms with Gasteiger partial charge in [-0.3, -0.25) is 0 Å². The van der Waals surface area contributed by atoms with Crippen molar-refractivity contribution >= 4 is 11.6 Å². The third-order valence-corrected chi connectivity index (χ3v) is 3.57. The number of benzene rings is 1. The third kappa shape index (κ3) is 2.50. The van der Waals surface area contributed by atoms with Gasteiger partial charge in [-0.25, -0.2) is 0 Å². The Labute approximate surface area is 107 Å². The molecule has 3 nitrogen and oxygen atoms in total. The second-order valence-corrected chi connectivity index (χ2v) is 4.65. The average molecular weight is 256 g/mol. The van der Waals surface area contributed by atoms with Crippen LogP contribution in [0.2, 0.25) is 5.02 Å². The Balaban J connectivity index is 2.41. The van der Waals surface area contributed by atoms with Crippen molar-refractivity contribution in [1.82, 2.24) is 5.32 Å². The monoisotopic (exact) mass is 255 g/mol. The lowest BCUT2D eigenvalue weighted by Gasteiger charge is -2.26. The highest BCUT2D eigenvalue weighted by Crippen LogP contribution is 2.42. The third-order valence-electron chi connectivity index (χ3n) is 3.24. The number of nitrogens with one attached hydrogen (secondary N) is 1. The Morgan fingerprint density at radius 3 is 2.71 bits per heavy atom. The molecule has 0 aliphatic carbocycles. The first-order valence-electron chi connectivity index (χ1n) is 5.89. The van der Waals surface area contributed by atoms with Crippen molar-refractivity contribution in [1.29, 1.82) is 0 Å². The molecule has 2 rings (SSSR count). The van der Waals surface area contributed by atoms with E-state index in [0.29, 0.717) is 5.92 Å². The second kappa shape index (κ2) is 5.61. The zero-order chi connectivity index (χ0) is 12.3. The molecule has 4 heteroatoms. The summed E-state index contributed by atoms with van der Waals surface area (Å²) in [5, 5.41) is 4.15. The molecule has 1 atom stereocenters. The van der Waals surface area contributed by atoms with Gasteiger partial charge in [0, 0.05) is 23.0 Å². The Morgan fingerprint density at radius 1 is 1.29 bits per heavy atom. The van der Waals surface area contributed by atoms with Crippen molar-refractivity contribution in [2.75, 3.05) is 27.3 Å². The van der Waals surface area contributed by atoms with E-state index in [0.717, 1.165) is 41.6 Å². The van der Waals surface area contributed by atoms with Crippen LogP contribution in [-0.4, -0.2) is 27.3 Å². The van der Waals surface area contributed by atoms with Gasteiger partial charge in [0.1, 0.15) is 0 Å². The fourth-order valence-corrected chi connectivity index (χ4v) is 2.71. The quantitative estimate of drug-likeness (QED) is 0.901. The van der Waals surface area contributed by atoms with E-state index in [9.17, 15) is 0 Å². The first kappa shape index (κ1) is 12.5. The predicted molar refractivity (Wildman–Crippen MR) is 69.4 cm³/mol. The van der Waals surface area contributed by atoms with Gasteiger partial charge in [0.25, 0.3) is 0 Å². The first-order valence-corrected chi connectivity index (χ1v) is 6.26. The molecule has 94 valence electrons. The van der Waals surface area contributed by atoms with E-state index in [1.807, 2.05) is 12.1 Å². The molecule has 0 radical (unpaired) electrons. The number of rotatable bonds is 3. The fraction of sp³-hybridized carbons (Fsp3) is 0.538. The maximum absolute atomic E-state index is 6.31. The summed E-state index contributed by atoms with van der Waals surface area (Å²) in [6, 6.07) is 3.73. The van der Waals surface area contributed by atoms with Crippen molar-refractivity contribution in [2.45, 2.75) is 18.8 Å². The van der Waals surface area contributed by atoms with Crippen LogP contribution in [-0.2, 0) is 0 Å². The molecule has 1 aliphatic rings. The highest BCUT2D eigenvalue weighted by molar-refractivity contribution is 6.31. The van der Waals surface area contributed by atoms with Crippen LogP contribution in [0, 0.1) is 0 Å². The van der Waals surface area contributed by atoms with Crippen molar-refractivity contribution in [3.05, 3.63) is 22.7 Å². The van der Waals surface area contributed by atoms with Gasteiger partial charge in [-0.05, 0) is 31.5 Å². The smallest absolute Gasteiger partial charge is 0.165 e. The number of hydrogen-bond acceptors (Lipinski definition) is 3. The average Bonchev–Trinajstić information content (AvgIpc) is 2.39.